The minimum absolute atomic E-state index is 0.0654. The molecule has 174 valence electrons. The van der Waals surface area contributed by atoms with E-state index in [9.17, 15) is 13.2 Å². The largest absolute Gasteiger partial charge is 0.496 e. The number of morpholine rings is 1. The molecular weight excluding hydrogens is 420 g/mol. The molecule has 0 radical (unpaired) electrons. The molecule has 8 nitrogen and oxygen atoms in total. The highest BCUT2D eigenvalue weighted by Gasteiger charge is 2.27. The quantitative estimate of drug-likeness (QED) is 0.515. The third-order valence-electron chi connectivity index (χ3n) is 5.78. The van der Waals surface area contributed by atoms with Crippen LogP contribution in [0, 0.1) is 0 Å². The van der Waals surface area contributed by atoms with Crippen LogP contribution < -0.4 is 10.1 Å². The molecule has 2 fully saturated rings. The monoisotopic (exact) mass is 454 g/mol. The Kier molecular flexibility index (Phi) is 9.13. The summed E-state index contributed by atoms with van der Waals surface area (Å²) in [7, 11) is -2.05. The van der Waals surface area contributed by atoms with E-state index in [2.05, 4.69) is 5.32 Å². The van der Waals surface area contributed by atoms with Crippen LogP contribution in [0.2, 0.25) is 0 Å². The Morgan fingerprint density at radius 3 is 2.68 bits per heavy atom. The van der Waals surface area contributed by atoms with Crippen LogP contribution >= 0.6 is 0 Å². The first-order chi connectivity index (χ1) is 15.0. The highest BCUT2D eigenvalue weighted by Crippen LogP contribution is 2.26. The van der Waals surface area contributed by atoms with Crippen LogP contribution in [0.4, 0.5) is 0 Å². The van der Waals surface area contributed by atoms with E-state index in [0.29, 0.717) is 63.3 Å². The van der Waals surface area contributed by atoms with Gasteiger partial charge in [0.05, 0.1) is 31.3 Å². The number of ether oxygens (including phenoxy) is 3. The summed E-state index contributed by atoms with van der Waals surface area (Å²) in [5.41, 5.74) is 0.705. The van der Waals surface area contributed by atoms with Crippen molar-refractivity contribution in [2.24, 2.45) is 0 Å². The van der Waals surface area contributed by atoms with Crippen molar-refractivity contribution >= 4 is 15.9 Å². The van der Waals surface area contributed by atoms with Gasteiger partial charge in [-0.3, -0.25) is 4.79 Å². The van der Waals surface area contributed by atoms with Crippen molar-refractivity contribution in [2.75, 3.05) is 46.6 Å². The number of amides is 1. The lowest BCUT2D eigenvalue weighted by Gasteiger charge is -2.26. The number of hydrogen-bond donors (Lipinski definition) is 1. The molecule has 1 amide bonds. The molecule has 0 spiro atoms. The van der Waals surface area contributed by atoms with E-state index in [4.69, 9.17) is 14.2 Å². The second-order valence-corrected chi connectivity index (χ2v) is 9.91. The highest BCUT2D eigenvalue weighted by atomic mass is 32.2. The van der Waals surface area contributed by atoms with Crippen LogP contribution in [-0.4, -0.2) is 71.3 Å². The summed E-state index contributed by atoms with van der Waals surface area (Å²) in [5, 5.41) is 2.91. The average Bonchev–Trinajstić information content (AvgIpc) is 3.31. The molecule has 2 aliphatic rings. The fourth-order valence-electron chi connectivity index (χ4n) is 3.99. The molecule has 1 aromatic rings. The smallest absolute Gasteiger partial charge is 0.243 e. The van der Waals surface area contributed by atoms with Gasteiger partial charge in [0, 0.05) is 32.7 Å². The van der Waals surface area contributed by atoms with Crippen LogP contribution in [0.3, 0.4) is 0 Å². The van der Waals surface area contributed by atoms with Crippen LogP contribution in [0.25, 0.3) is 0 Å². The highest BCUT2D eigenvalue weighted by molar-refractivity contribution is 7.89. The normalized spacial score (nSPS) is 18.2. The van der Waals surface area contributed by atoms with Crippen molar-refractivity contribution in [1.29, 1.82) is 0 Å². The van der Waals surface area contributed by atoms with Gasteiger partial charge in [0.15, 0.2) is 0 Å². The number of aryl methyl sites for hydroxylation is 1. The van der Waals surface area contributed by atoms with Crippen molar-refractivity contribution in [3.05, 3.63) is 23.8 Å². The topological polar surface area (TPSA) is 94.2 Å². The van der Waals surface area contributed by atoms with Crippen LogP contribution in [0.15, 0.2) is 23.1 Å². The second kappa shape index (κ2) is 11.8. The standard InChI is InChI=1S/C22H34N2O6S/c1-28-21-9-8-20(31(26,27)24-12-15-29-16-13-24)17-18(21)7-10-22(25)23-11-4-14-30-19-5-2-3-6-19/h8-9,17,19H,2-7,10-16H2,1H3,(H,23,25). The van der Waals surface area contributed by atoms with E-state index in [1.54, 1.807) is 25.3 Å². The van der Waals surface area contributed by atoms with Gasteiger partial charge in [-0.25, -0.2) is 8.42 Å². The van der Waals surface area contributed by atoms with Crippen molar-refractivity contribution in [3.8, 4) is 5.75 Å². The van der Waals surface area contributed by atoms with E-state index in [-0.39, 0.29) is 17.2 Å². The SMILES string of the molecule is COc1ccc(S(=O)(=O)N2CCOCC2)cc1CCC(=O)NCCCOC1CCCC1. The fraction of sp³-hybridized carbons (Fsp3) is 0.682. The summed E-state index contributed by atoms with van der Waals surface area (Å²) in [6.45, 7) is 2.73. The Bertz CT molecular complexity index is 817. The first-order valence-corrected chi connectivity index (χ1v) is 12.6. The lowest BCUT2D eigenvalue weighted by atomic mass is 10.1. The van der Waals surface area contributed by atoms with E-state index in [0.717, 1.165) is 19.3 Å². The molecule has 0 bridgehead atoms. The van der Waals surface area contributed by atoms with Crippen LogP contribution in [0.1, 0.15) is 44.1 Å². The first-order valence-electron chi connectivity index (χ1n) is 11.1. The number of methoxy groups -OCH3 is 1. The predicted molar refractivity (Wildman–Crippen MR) is 117 cm³/mol. The lowest BCUT2D eigenvalue weighted by molar-refractivity contribution is -0.121. The minimum Gasteiger partial charge on any atom is -0.496 e. The molecule has 0 atom stereocenters. The Morgan fingerprint density at radius 1 is 1.23 bits per heavy atom. The zero-order valence-electron chi connectivity index (χ0n) is 18.3. The molecule has 31 heavy (non-hydrogen) atoms. The Morgan fingerprint density at radius 2 is 1.97 bits per heavy atom. The second-order valence-electron chi connectivity index (χ2n) is 7.97. The van der Waals surface area contributed by atoms with Gasteiger partial charge in [-0.15, -0.1) is 0 Å². The molecule has 0 aromatic heterocycles. The summed E-state index contributed by atoms with van der Waals surface area (Å²) in [5.74, 6) is 0.517. The molecule has 1 N–H and O–H groups in total. The number of nitrogens with zero attached hydrogens (tertiary/aromatic N) is 1. The lowest BCUT2D eigenvalue weighted by Crippen LogP contribution is -2.40. The van der Waals surface area contributed by atoms with Gasteiger partial charge in [0.2, 0.25) is 15.9 Å². The average molecular weight is 455 g/mol. The maximum absolute atomic E-state index is 12.9. The zero-order chi connectivity index (χ0) is 22.1. The van der Waals surface area contributed by atoms with Gasteiger partial charge in [0.1, 0.15) is 5.75 Å². The molecule has 1 saturated carbocycles. The molecule has 1 heterocycles. The number of sulfonamides is 1. The summed E-state index contributed by atoms with van der Waals surface area (Å²) in [6.07, 6.45) is 6.65. The van der Waals surface area contributed by atoms with Crippen molar-refractivity contribution < 1.29 is 27.4 Å². The van der Waals surface area contributed by atoms with E-state index >= 15 is 0 Å². The third kappa shape index (κ3) is 6.90. The molecular formula is C22H34N2O6S. The maximum atomic E-state index is 12.9. The zero-order valence-corrected chi connectivity index (χ0v) is 19.1. The van der Waals surface area contributed by atoms with Crippen molar-refractivity contribution in [3.63, 3.8) is 0 Å². The number of nitrogens with one attached hydrogen (secondary N) is 1. The third-order valence-corrected chi connectivity index (χ3v) is 7.67. The fourth-order valence-corrected chi connectivity index (χ4v) is 5.45. The van der Waals surface area contributed by atoms with Crippen LogP contribution in [-0.2, 0) is 30.7 Å². The Balaban J connectivity index is 1.49. The number of carbonyl (C=O) groups is 1. The number of carbonyl (C=O) groups excluding carboxylic acids is 1. The van der Waals surface area contributed by atoms with Gasteiger partial charge in [-0.2, -0.15) is 4.31 Å². The summed E-state index contributed by atoms with van der Waals surface area (Å²) in [6, 6.07) is 4.82. The minimum atomic E-state index is -3.59. The molecule has 3 rings (SSSR count). The van der Waals surface area contributed by atoms with E-state index in [1.807, 2.05) is 0 Å². The summed E-state index contributed by atoms with van der Waals surface area (Å²) >= 11 is 0. The Hall–Kier alpha value is -1.68. The first kappa shape index (κ1) is 24.0. The van der Waals surface area contributed by atoms with Gasteiger partial charge < -0.3 is 19.5 Å². The predicted octanol–water partition coefficient (Wildman–Crippen LogP) is 2.11. The molecule has 1 aliphatic heterocycles. The van der Waals surface area contributed by atoms with E-state index < -0.39 is 10.0 Å². The van der Waals surface area contributed by atoms with Gasteiger partial charge >= 0.3 is 0 Å². The van der Waals surface area contributed by atoms with Gasteiger partial charge in [0.25, 0.3) is 0 Å². The molecule has 1 saturated heterocycles. The van der Waals surface area contributed by atoms with E-state index in [1.165, 1.54) is 17.1 Å². The summed E-state index contributed by atoms with van der Waals surface area (Å²) in [4.78, 5) is 12.4. The molecule has 1 aromatic carbocycles. The Labute approximate surface area is 185 Å². The molecule has 9 heteroatoms. The number of hydrogen-bond acceptors (Lipinski definition) is 6. The van der Waals surface area contributed by atoms with Crippen molar-refractivity contribution in [1.82, 2.24) is 9.62 Å². The molecule has 0 unspecified atom stereocenters. The number of benzene rings is 1. The van der Waals surface area contributed by atoms with Gasteiger partial charge in [-0.1, -0.05) is 12.8 Å². The summed E-state index contributed by atoms with van der Waals surface area (Å²) < 4.78 is 43.7. The van der Waals surface area contributed by atoms with Crippen LogP contribution in [0.5, 0.6) is 5.75 Å². The number of rotatable bonds is 11. The maximum Gasteiger partial charge on any atom is 0.243 e. The molecule has 1 aliphatic carbocycles. The van der Waals surface area contributed by atoms with Crippen molar-refractivity contribution in [2.45, 2.75) is 55.9 Å². The van der Waals surface area contributed by atoms with Gasteiger partial charge in [-0.05, 0) is 49.4 Å².